The third kappa shape index (κ3) is 4.02. The average molecular weight is 345 g/mol. The van der Waals surface area contributed by atoms with Crippen molar-refractivity contribution in [1.29, 1.82) is 0 Å². The third-order valence-corrected chi connectivity index (χ3v) is 7.38. The molecule has 2 fully saturated rings. The van der Waals surface area contributed by atoms with E-state index in [1.165, 1.54) is 12.8 Å². The standard InChI is InChI=1S/C14H23N3O3S2/c1-17-13(8-11-5-7-22(18,19)10-11)15-16-14(17)21-9-12-4-2-3-6-20-12/h11-12H,2-10H2,1H3/t11-,12+/m0/s1. The van der Waals surface area contributed by atoms with Crippen LogP contribution in [-0.2, 0) is 28.0 Å². The van der Waals surface area contributed by atoms with E-state index in [4.69, 9.17) is 4.74 Å². The van der Waals surface area contributed by atoms with Gasteiger partial charge in [0.05, 0.1) is 17.6 Å². The molecule has 0 aromatic carbocycles. The van der Waals surface area contributed by atoms with Crippen molar-refractivity contribution in [2.24, 2.45) is 13.0 Å². The van der Waals surface area contributed by atoms with E-state index < -0.39 is 9.84 Å². The smallest absolute Gasteiger partial charge is 0.191 e. The quantitative estimate of drug-likeness (QED) is 0.752. The molecule has 3 rings (SSSR count). The van der Waals surface area contributed by atoms with E-state index in [2.05, 4.69) is 10.2 Å². The van der Waals surface area contributed by atoms with Crippen LogP contribution < -0.4 is 0 Å². The summed E-state index contributed by atoms with van der Waals surface area (Å²) in [5, 5.41) is 9.39. The lowest BCUT2D eigenvalue weighted by Crippen LogP contribution is -2.21. The first-order valence-electron chi connectivity index (χ1n) is 7.86. The molecule has 22 heavy (non-hydrogen) atoms. The normalized spacial score (nSPS) is 28.0. The number of hydrogen-bond donors (Lipinski definition) is 0. The van der Waals surface area contributed by atoms with E-state index in [1.807, 2.05) is 11.6 Å². The monoisotopic (exact) mass is 345 g/mol. The molecular weight excluding hydrogens is 322 g/mol. The van der Waals surface area contributed by atoms with Crippen molar-refractivity contribution in [2.45, 2.75) is 43.4 Å². The Labute approximate surface area is 135 Å². The van der Waals surface area contributed by atoms with Gasteiger partial charge in [-0.15, -0.1) is 10.2 Å². The largest absolute Gasteiger partial charge is 0.377 e. The van der Waals surface area contributed by atoms with Crippen LogP contribution in [0.5, 0.6) is 0 Å². The van der Waals surface area contributed by atoms with Gasteiger partial charge < -0.3 is 9.30 Å². The van der Waals surface area contributed by atoms with E-state index in [9.17, 15) is 8.42 Å². The van der Waals surface area contributed by atoms with Gasteiger partial charge in [0.1, 0.15) is 5.82 Å². The van der Waals surface area contributed by atoms with Crippen molar-refractivity contribution in [3.8, 4) is 0 Å². The molecule has 0 N–H and O–H groups in total. The van der Waals surface area contributed by atoms with Crippen LogP contribution in [0.3, 0.4) is 0 Å². The van der Waals surface area contributed by atoms with E-state index in [0.717, 1.165) is 36.2 Å². The molecule has 0 bridgehead atoms. The highest BCUT2D eigenvalue weighted by atomic mass is 32.2. The molecule has 1 aromatic rings. The van der Waals surface area contributed by atoms with Crippen molar-refractivity contribution >= 4 is 21.6 Å². The van der Waals surface area contributed by atoms with Crippen LogP contribution in [0, 0.1) is 5.92 Å². The Morgan fingerprint density at radius 2 is 2.18 bits per heavy atom. The molecule has 2 aliphatic rings. The Morgan fingerprint density at radius 3 is 2.86 bits per heavy atom. The maximum Gasteiger partial charge on any atom is 0.191 e. The Kier molecular flexibility index (Phi) is 5.09. The number of thioether (sulfide) groups is 1. The van der Waals surface area contributed by atoms with Crippen LogP contribution in [-0.4, -0.2) is 53.2 Å². The summed E-state index contributed by atoms with van der Waals surface area (Å²) in [7, 11) is -0.864. The highest BCUT2D eigenvalue weighted by Crippen LogP contribution is 2.25. The minimum atomic E-state index is -2.83. The Bertz CT molecular complexity index is 609. The highest BCUT2D eigenvalue weighted by molar-refractivity contribution is 7.99. The molecule has 0 radical (unpaired) electrons. The molecule has 0 aliphatic carbocycles. The van der Waals surface area contributed by atoms with Gasteiger partial charge >= 0.3 is 0 Å². The number of ether oxygens (including phenoxy) is 1. The Balaban J connectivity index is 1.55. The van der Waals surface area contributed by atoms with Gasteiger partial charge in [-0.2, -0.15) is 0 Å². The molecule has 8 heteroatoms. The summed E-state index contributed by atoms with van der Waals surface area (Å²) in [5.74, 6) is 2.58. The second-order valence-electron chi connectivity index (χ2n) is 6.23. The first kappa shape index (κ1) is 16.3. The highest BCUT2D eigenvalue weighted by Gasteiger charge is 2.29. The minimum Gasteiger partial charge on any atom is -0.377 e. The minimum absolute atomic E-state index is 0.187. The number of aromatic nitrogens is 3. The van der Waals surface area contributed by atoms with Crippen LogP contribution in [0.2, 0.25) is 0 Å². The molecule has 2 saturated heterocycles. The topological polar surface area (TPSA) is 74.1 Å². The van der Waals surface area contributed by atoms with Crippen LogP contribution in [0.4, 0.5) is 0 Å². The zero-order valence-electron chi connectivity index (χ0n) is 12.9. The molecule has 3 heterocycles. The van der Waals surface area contributed by atoms with E-state index in [-0.39, 0.29) is 11.7 Å². The molecular formula is C14H23N3O3S2. The van der Waals surface area contributed by atoms with Gasteiger partial charge in [0.2, 0.25) is 0 Å². The number of sulfone groups is 1. The summed E-state index contributed by atoms with van der Waals surface area (Å²) >= 11 is 1.68. The molecule has 0 unspecified atom stereocenters. The van der Waals surface area contributed by atoms with Crippen molar-refractivity contribution in [2.75, 3.05) is 23.9 Å². The van der Waals surface area contributed by atoms with Crippen LogP contribution >= 0.6 is 11.8 Å². The lowest BCUT2D eigenvalue weighted by atomic mass is 10.1. The van der Waals surface area contributed by atoms with Gasteiger partial charge in [0.15, 0.2) is 15.0 Å². The molecule has 0 spiro atoms. The maximum atomic E-state index is 11.5. The fraction of sp³-hybridized carbons (Fsp3) is 0.857. The molecule has 0 amide bonds. The molecule has 2 atom stereocenters. The van der Waals surface area contributed by atoms with Crippen molar-refractivity contribution in [3.63, 3.8) is 0 Å². The van der Waals surface area contributed by atoms with Crippen LogP contribution in [0.1, 0.15) is 31.5 Å². The predicted octanol–water partition coefficient (Wildman–Crippen LogP) is 1.45. The lowest BCUT2D eigenvalue weighted by molar-refractivity contribution is 0.0315. The van der Waals surface area contributed by atoms with Crippen LogP contribution in [0.15, 0.2) is 5.16 Å². The van der Waals surface area contributed by atoms with Crippen LogP contribution in [0.25, 0.3) is 0 Å². The average Bonchev–Trinajstić information content (AvgIpc) is 3.02. The lowest BCUT2D eigenvalue weighted by Gasteiger charge is -2.21. The predicted molar refractivity (Wildman–Crippen MR) is 85.8 cm³/mol. The van der Waals surface area contributed by atoms with E-state index in [1.54, 1.807) is 11.8 Å². The second kappa shape index (κ2) is 6.88. The third-order valence-electron chi connectivity index (χ3n) is 4.40. The summed E-state index contributed by atoms with van der Waals surface area (Å²) < 4.78 is 30.8. The second-order valence-corrected chi connectivity index (χ2v) is 9.45. The first-order valence-corrected chi connectivity index (χ1v) is 10.7. The Morgan fingerprint density at radius 1 is 1.32 bits per heavy atom. The summed E-state index contributed by atoms with van der Waals surface area (Å²) in [6.07, 6.45) is 5.29. The van der Waals surface area contributed by atoms with Gasteiger partial charge in [-0.1, -0.05) is 11.8 Å². The van der Waals surface area contributed by atoms with Gasteiger partial charge in [-0.05, 0) is 31.6 Å². The summed E-state index contributed by atoms with van der Waals surface area (Å²) in [4.78, 5) is 0. The van der Waals surface area contributed by atoms with Crippen molar-refractivity contribution in [3.05, 3.63) is 5.82 Å². The van der Waals surface area contributed by atoms with E-state index in [0.29, 0.717) is 18.3 Å². The molecule has 6 nitrogen and oxygen atoms in total. The van der Waals surface area contributed by atoms with Crippen molar-refractivity contribution in [1.82, 2.24) is 14.8 Å². The zero-order chi connectivity index (χ0) is 15.6. The van der Waals surface area contributed by atoms with Gasteiger partial charge in [0, 0.05) is 25.8 Å². The van der Waals surface area contributed by atoms with Gasteiger partial charge in [0.25, 0.3) is 0 Å². The first-order chi connectivity index (χ1) is 10.5. The fourth-order valence-corrected chi connectivity index (χ4v) is 5.90. The summed E-state index contributed by atoms with van der Waals surface area (Å²) in [5.41, 5.74) is 0. The number of hydrogen-bond acceptors (Lipinski definition) is 6. The van der Waals surface area contributed by atoms with Crippen molar-refractivity contribution < 1.29 is 13.2 Å². The molecule has 124 valence electrons. The summed E-state index contributed by atoms with van der Waals surface area (Å²) in [6.45, 7) is 0.867. The molecule has 0 saturated carbocycles. The number of nitrogens with zero attached hydrogens (tertiary/aromatic N) is 3. The molecule has 2 aliphatic heterocycles. The summed E-state index contributed by atoms with van der Waals surface area (Å²) in [6, 6.07) is 0. The SMILES string of the molecule is Cn1c(C[C@@H]2CCS(=O)(=O)C2)nnc1SC[C@H]1CCCCO1. The molecule has 1 aromatic heterocycles. The Hall–Kier alpha value is -0.600. The van der Waals surface area contributed by atoms with Gasteiger partial charge in [-0.3, -0.25) is 0 Å². The van der Waals surface area contributed by atoms with E-state index >= 15 is 0 Å². The number of rotatable bonds is 5. The fourth-order valence-electron chi connectivity index (χ4n) is 3.05. The maximum absolute atomic E-state index is 11.5. The zero-order valence-corrected chi connectivity index (χ0v) is 14.5. The van der Waals surface area contributed by atoms with Gasteiger partial charge in [-0.25, -0.2) is 8.42 Å².